The Bertz CT molecular complexity index is 319. The molecule has 0 radical (unpaired) electrons. The lowest BCUT2D eigenvalue weighted by atomic mass is 10.1. The van der Waals surface area contributed by atoms with Gasteiger partial charge in [-0.05, 0) is 22.0 Å². The Morgan fingerprint density at radius 2 is 2.15 bits per heavy atom. The van der Waals surface area contributed by atoms with Gasteiger partial charge in [-0.25, -0.2) is 4.39 Å². The van der Waals surface area contributed by atoms with Gasteiger partial charge in [-0.3, -0.25) is 0 Å². The van der Waals surface area contributed by atoms with Crippen LogP contribution in [-0.4, -0.2) is 11.7 Å². The molecule has 0 unspecified atom stereocenters. The first-order valence-corrected chi connectivity index (χ1v) is 4.49. The highest BCUT2D eigenvalue weighted by atomic mass is 79.9. The second kappa shape index (κ2) is 4.04. The number of phenols is 1. The van der Waals surface area contributed by atoms with Crippen LogP contribution in [0.3, 0.4) is 0 Å². The van der Waals surface area contributed by atoms with E-state index in [0.29, 0.717) is 5.56 Å². The molecule has 0 spiro atoms. The first-order chi connectivity index (χ1) is 6.07. The van der Waals surface area contributed by atoms with E-state index in [-0.39, 0.29) is 16.8 Å². The van der Waals surface area contributed by atoms with Crippen LogP contribution in [0.4, 0.5) is 4.39 Å². The molecule has 0 aliphatic heterocycles. The summed E-state index contributed by atoms with van der Waals surface area (Å²) < 4.78 is 12.9. The Kier molecular flexibility index (Phi) is 3.24. The number of aromatic hydroxyl groups is 1. The van der Waals surface area contributed by atoms with Gasteiger partial charge in [0.25, 0.3) is 0 Å². The lowest BCUT2D eigenvalue weighted by molar-refractivity contribution is 0.451. The highest BCUT2D eigenvalue weighted by molar-refractivity contribution is 9.10. The maximum atomic E-state index is 12.8. The fourth-order valence-electron chi connectivity index (χ4n) is 0.981. The molecule has 13 heavy (non-hydrogen) atoms. The maximum Gasteiger partial charge on any atom is 0.141 e. The van der Waals surface area contributed by atoms with Gasteiger partial charge in [0, 0.05) is 18.2 Å². The highest BCUT2D eigenvalue weighted by Gasteiger charge is 2.14. The summed E-state index contributed by atoms with van der Waals surface area (Å²) in [7, 11) is 0. The molecule has 1 rings (SSSR count). The van der Waals surface area contributed by atoms with Gasteiger partial charge in [0.1, 0.15) is 11.6 Å². The molecule has 0 aliphatic rings. The quantitative estimate of drug-likeness (QED) is 0.738. The van der Waals surface area contributed by atoms with Crippen molar-refractivity contribution in [1.82, 2.24) is 0 Å². The SMILES string of the molecule is NC[C@@H](N)c1ccc(F)c(Br)c1O. The summed E-state index contributed by atoms with van der Waals surface area (Å²) in [5, 5.41) is 9.46. The molecular formula is C8H10BrFN2O. The van der Waals surface area contributed by atoms with Crippen molar-refractivity contribution in [2.45, 2.75) is 6.04 Å². The van der Waals surface area contributed by atoms with E-state index in [2.05, 4.69) is 15.9 Å². The van der Waals surface area contributed by atoms with Crippen molar-refractivity contribution in [2.75, 3.05) is 6.54 Å². The Morgan fingerprint density at radius 3 is 2.69 bits per heavy atom. The molecular weight excluding hydrogens is 239 g/mol. The number of phenolic OH excluding ortho intramolecular Hbond substituents is 1. The van der Waals surface area contributed by atoms with Gasteiger partial charge in [-0.2, -0.15) is 0 Å². The van der Waals surface area contributed by atoms with Crippen molar-refractivity contribution in [3.63, 3.8) is 0 Å². The third kappa shape index (κ3) is 1.99. The molecule has 0 aliphatic carbocycles. The molecule has 1 aromatic rings. The van der Waals surface area contributed by atoms with E-state index >= 15 is 0 Å². The minimum Gasteiger partial charge on any atom is -0.506 e. The van der Waals surface area contributed by atoms with Crippen LogP contribution in [0.15, 0.2) is 16.6 Å². The fraction of sp³-hybridized carbons (Fsp3) is 0.250. The minimum absolute atomic E-state index is 0.0221. The van der Waals surface area contributed by atoms with E-state index in [1.165, 1.54) is 12.1 Å². The van der Waals surface area contributed by atoms with Crippen molar-refractivity contribution < 1.29 is 9.50 Å². The number of nitrogens with two attached hydrogens (primary N) is 2. The average Bonchev–Trinajstić information content (AvgIpc) is 2.13. The lowest BCUT2D eigenvalue weighted by Crippen LogP contribution is -2.20. The second-order valence-corrected chi connectivity index (χ2v) is 3.43. The van der Waals surface area contributed by atoms with Crippen LogP contribution in [0.2, 0.25) is 0 Å². The fourth-order valence-corrected chi connectivity index (χ4v) is 1.34. The van der Waals surface area contributed by atoms with Crippen molar-refractivity contribution in [3.05, 3.63) is 28.0 Å². The molecule has 0 saturated carbocycles. The molecule has 0 heterocycles. The van der Waals surface area contributed by atoms with Crippen molar-refractivity contribution in [3.8, 4) is 5.75 Å². The topological polar surface area (TPSA) is 72.3 Å². The van der Waals surface area contributed by atoms with Gasteiger partial charge < -0.3 is 16.6 Å². The highest BCUT2D eigenvalue weighted by Crippen LogP contribution is 2.32. The van der Waals surface area contributed by atoms with Crippen LogP contribution in [0, 0.1) is 5.82 Å². The summed E-state index contributed by atoms with van der Waals surface area (Å²) in [5.41, 5.74) is 11.3. The molecule has 3 nitrogen and oxygen atoms in total. The zero-order chi connectivity index (χ0) is 10.0. The molecule has 0 amide bonds. The monoisotopic (exact) mass is 248 g/mol. The van der Waals surface area contributed by atoms with Gasteiger partial charge in [0.2, 0.25) is 0 Å². The van der Waals surface area contributed by atoms with Gasteiger partial charge in [-0.15, -0.1) is 0 Å². The van der Waals surface area contributed by atoms with E-state index < -0.39 is 11.9 Å². The molecule has 5 N–H and O–H groups in total. The molecule has 0 aromatic heterocycles. The Hall–Kier alpha value is -0.650. The standard InChI is InChI=1S/C8H10BrFN2O/c9-7-5(10)2-1-4(8(7)13)6(12)3-11/h1-2,6,13H,3,11-12H2/t6-/m1/s1. The number of benzene rings is 1. The van der Waals surface area contributed by atoms with Crippen LogP contribution < -0.4 is 11.5 Å². The van der Waals surface area contributed by atoms with Crippen LogP contribution in [0.1, 0.15) is 11.6 Å². The van der Waals surface area contributed by atoms with E-state index in [1.54, 1.807) is 0 Å². The van der Waals surface area contributed by atoms with Gasteiger partial charge in [0.05, 0.1) is 4.47 Å². The number of rotatable bonds is 2. The molecule has 1 aromatic carbocycles. The third-order valence-electron chi connectivity index (χ3n) is 1.75. The summed E-state index contributed by atoms with van der Waals surface area (Å²) in [6.45, 7) is 0.200. The molecule has 0 saturated heterocycles. The predicted octanol–water partition coefficient (Wildman–Crippen LogP) is 1.25. The zero-order valence-corrected chi connectivity index (χ0v) is 8.38. The Labute approximate surface area is 83.7 Å². The summed E-state index contributed by atoms with van der Waals surface area (Å²) in [5.74, 6) is -0.705. The summed E-state index contributed by atoms with van der Waals surface area (Å²) in [4.78, 5) is 0. The van der Waals surface area contributed by atoms with E-state index in [9.17, 15) is 9.50 Å². The largest absolute Gasteiger partial charge is 0.506 e. The smallest absolute Gasteiger partial charge is 0.141 e. The van der Waals surface area contributed by atoms with E-state index in [1.807, 2.05) is 0 Å². The lowest BCUT2D eigenvalue weighted by Gasteiger charge is -2.12. The summed E-state index contributed by atoms with van der Waals surface area (Å²) in [6, 6.07) is 2.18. The van der Waals surface area contributed by atoms with Crippen LogP contribution >= 0.6 is 15.9 Å². The van der Waals surface area contributed by atoms with Crippen molar-refractivity contribution in [2.24, 2.45) is 11.5 Å². The summed E-state index contributed by atoms with van der Waals surface area (Å²) >= 11 is 2.91. The Balaban J connectivity index is 3.18. The van der Waals surface area contributed by atoms with Crippen LogP contribution in [0.5, 0.6) is 5.75 Å². The maximum absolute atomic E-state index is 12.8. The van der Waals surface area contributed by atoms with E-state index in [4.69, 9.17) is 11.5 Å². The number of halogens is 2. The molecule has 5 heteroatoms. The van der Waals surface area contributed by atoms with Gasteiger partial charge in [0.15, 0.2) is 0 Å². The zero-order valence-electron chi connectivity index (χ0n) is 6.80. The first-order valence-electron chi connectivity index (χ1n) is 3.70. The predicted molar refractivity (Wildman–Crippen MR) is 51.7 cm³/mol. The number of hydrogen-bond acceptors (Lipinski definition) is 3. The molecule has 0 bridgehead atoms. The van der Waals surface area contributed by atoms with Gasteiger partial charge >= 0.3 is 0 Å². The normalized spacial score (nSPS) is 12.9. The third-order valence-corrected chi connectivity index (χ3v) is 2.51. The first kappa shape index (κ1) is 10.4. The van der Waals surface area contributed by atoms with E-state index in [0.717, 1.165) is 0 Å². The molecule has 0 fully saturated rings. The molecule has 1 atom stereocenters. The minimum atomic E-state index is -0.523. The van der Waals surface area contributed by atoms with Crippen LogP contribution in [0.25, 0.3) is 0 Å². The average molecular weight is 249 g/mol. The van der Waals surface area contributed by atoms with Crippen molar-refractivity contribution in [1.29, 1.82) is 0 Å². The Morgan fingerprint density at radius 1 is 1.54 bits per heavy atom. The summed E-state index contributed by atoms with van der Waals surface area (Å²) in [6.07, 6.45) is 0. The van der Waals surface area contributed by atoms with Crippen LogP contribution in [-0.2, 0) is 0 Å². The van der Waals surface area contributed by atoms with Gasteiger partial charge in [-0.1, -0.05) is 6.07 Å². The second-order valence-electron chi connectivity index (χ2n) is 2.64. The number of hydrogen-bond donors (Lipinski definition) is 3. The molecule has 72 valence electrons. The van der Waals surface area contributed by atoms with Crippen molar-refractivity contribution >= 4 is 15.9 Å².